The van der Waals surface area contributed by atoms with E-state index in [0.717, 1.165) is 30.6 Å². The zero-order valence-electron chi connectivity index (χ0n) is 22.3. The lowest BCUT2D eigenvalue weighted by molar-refractivity contribution is -0.129. The molecule has 1 aliphatic carbocycles. The minimum Gasteiger partial charge on any atom is -0.496 e. The van der Waals surface area contributed by atoms with Crippen molar-refractivity contribution >= 4 is 17.6 Å². The number of hydrogen-bond acceptors (Lipinski definition) is 6. The number of rotatable bonds is 12. The molecule has 2 aliphatic rings. The van der Waals surface area contributed by atoms with E-state index in [1.807, 2.05) is 24.1 Å². The van der Waals surface area contributed by atoms with Gasteiger partial charge in [-0.3, -0.25) is 14.5 Å². The second-order valence-corrected chi connectivity index (χ2v) is 10.7. The predicted octanol–water partition coefficient (Wildman–Crippen LogP) is 3.50. The Morgan fingerprint density at radius 2 is 1.91 bits per heavy atom. The molecule has 8 nitrogen and oxygen atoms in total. The van der Waals surface area contributed by atoms with Crippen LogP contribution < -0.4 is 20.3 Å². The van der Waals surface area contributed by atoms with Crippen LogP contribution in [0.4, 0.5) is 5.82 Å². The summed E-state index contributed by atoms with van der Waals surface area (Å²) in [4.78, 5) is 33.4. The Kier molecular flexibility index (Phi) is 9.92. The quantitative estimate of drug-likeness (QED) is 0.468. The van der Waals surface area contributed by atoms with Crippen molar-refractivity contribution in [3.05, 3.63) is 17.8 Å². The van der Waals surface area contributed by atoms with E-state index in [0.29, 0.717) is 44.5 Å². The van der Waals surface area contributed by atoms with Gasteiger partial charge in [0.05, 0.1) is 31.6 Å². The number of methoxy groups -OCH3 is 1. The first-order valence-electron chi connectivity index (χ1n) is 13.2. The molecule has 2 fully saturated rings. The highest BCUT2D eigenvalue weighted by Crippen LogP contribution is 2.36. The van der Waals surface area contributed by atoms with Gasteiger partial charge in [0.1, 0.15) is 11.6 Å². The molecule has 1 saturated heterocycles. The van der Waals surface area contributed by atoms with E-state index in [4.69, 9.17) is 9.47 Å². The van der Waals surface area contributed by atoms with E-state index in [2.05, 4.69) is 43.3 Å². The molecule has 8 heteroatoms. The van der Waals surface area contributed by atoms with E-state index in [9.17, 15) is 9.59 Å². The Morgan fingerprint density at radius 1 is 1.20 bits per heavy atom. The van der Waals surface area contributed by atoms with Crippen LogP contribution in [0.3, 0.4) is 0 Å². The van der Waals surface area contributed by atoms with Crippen molar-refractivity contribution in [1.29, 1.82) is 0 Å². The average molecular weight is 489 g/mol. The number of carbonyl (C=O) groups excluding carboxylic acids is 2. The van der Waals surface area contributed by atoms with Gasteiger partial charge >= 0.3 is 0 Å². The van der Waals surface area contributed by atoms with Gasteiger partial charge in [-0.25, -0.2) is 4.98 Å². The molecular formula is C27H44N4O4. The topological polar surface area (TPSA) is 92.8 Å². The fourth-order valence-electron chi connectivity index (χ4n) is 4.84. The molecule has 35 heavy (non-hydrogen) atoms. The van der Waals surface area contributed by atoms with E-state index >= 15 is 0 Å². The van der Waals surface area contributed by atoms with Crippen molar-refractivity contribution in [2.24, 2.45) is 17.8 Å². The van der Waals surface area contributed by atoms with Crippen LogP contribution in [0.5, 0.6) is 5.75 Å². The number of aromatic nitrogens is 1. The molecule has 1 aromatic rings. The molecule has 3 rings (SSSR count). The molecule has 2 amide bonds. The van der Waals surface area contributed by atoms with E-state index in [-0.39, 0.29) is 41.7 Å². The summed E-state index contributed by atoms with van der Waals surface area (Å²) in [6.45, 7) is 12.7. The third kappa shape index (κ3) is 7.40. The molecule has 196 valence electrons. The number of ether oxygens (including phenoxy) is 2. The maximum Gasteiger partial charge on any atom is 0.232 e. The summed E-state index contributed by atoms with van der Waals surface area (Å²) in [5.41, 5.74) is 1.03. The van der Waals surface area contributed by atoms with Crippen molar-refractivity contribution in [2.75, 3.05) is 38.3 Å². The molecule has 0 bridgehead atoms. The second-order valence-electron chi connectivity index (χ2n) is 10.7. The van der Waals surface area contributed by atoms with Gasteiger partial charge < -0.3 is 20.1 Å². The van der Waals surface area contributed by atoms with E-state index in [1.165, 1.54) is 0 Å². The number of nitrogens with zero attached hydrogens (tertiary/aromatic N) is 2. The van der Waals surface area contributed by atoms with Crippen molar-refractivity contribution in [3.63, 3.8) is 0 Å². The highest BCUT2D eigenvalue weighted by atomic mass is 16.5. The molecule has 0 spiro atoms. The van der Waals surface area contributed by atoms with E-state index < -0.39 is 0 Å². The summed E-state index contributed by atoms with van der Waals surface area (Å²) in [5, 5.41) is 6.51. The predicted molar refractivity (Wildman–Crippen MR) is 138 cm³/mol. The first kappa shape index (κ1) is 27.4. The molecule has 1 aromatic heterocycles. The number of anilines is 1. The lowest BCUT2D eigenvalue weighted by Gasteiger charge is -2.33. The lowest BCUT2D eigenvalue weighted by Crippen LogP contribution is -2.51. The van der Waals surface area contributed by atoms with Crippen LogP contribution in [0.1, 0.15) is 71.8 Å². The highest BCUT2D eigenvalue weighted by molar-refractivity contribution is 5.96. The van der Waals surface area contributed by atoms with Crippen molar-refractivity contribution in [2.45, 2.75) is 78.3 Å². The van der Waals surface area contributed by atoms with Crippen LogP contribution in [0.2, 0.25) is 0 Å². The van der Waals surface area contributed by atoms with Crippen LogP contribution in [0.15, 0.2) is 12.3 Å². The second kappa shape index (κ2) is 12.7. The molecular weight excluding hydrogens is 444 g/mol. The molecule has 2 heterocycles. The van der Waals surface area contributed by atoms with Crippen molar-refractivity contribution < 1.29 is 19.1 Å². The van der Waals surface area contributed by atoms with Gasteiger partial charge in [0, 0.05) is 43.6 Å². The minimum atomic E-state index is -0.270. The number of pyridine rings is 1. The van der Waals surface area contributed by atoms with Crippen LogP contribution in [-0.4, -0.2) is 62.3 Å². The number of carbonyl (C=O) groups is 2. The first-order valence-corrected chi connectivity index (χ1v) is 13.2. The third-order valence-electron chi connectivity index (χ3n) is 6.81. The summed E-state index contributed by atoms with van der Waals surface area (Å²) in [7, 11) is 1.65. The molecule has 0 aromatic carbocycles. The lowest BCUT2D eigenvalue weighted by atomic mass is 9.88. The number of amides is 2. The molecule has 0 radical (unpaired) electrons. The maximum absolute atomic E-state index is 13.7. The molecule has 1 aliphatic heterocycles. The van der Waals surface area contributed by atoms with Crippen LogP contribution in [0, 0.1) is 17.8 Å². The highest BCUT2D eigenvalue weighted by Gasteiger charge is 2.40. The average Bonchev–Trinajstić information content (AvgIpc) is 3.67. The van der Waals surface area contributed by atoms with Crippen LogP contribution >= 0.6 is 0 Å². The van der Waals surface area contributed by atoms with Gasteiger partial charge in [-0.15, -0.1) is 0 Å². The van der Waals surface area contributed by atoms with Gasteiger partial charge in [-0.2, -0.15) is 0 Å². The number of hydrogen-bond donors (Lipinski definition) is 2. The normalized spacial score (nSPS) is 21.1. The third-order valence-corrected chi connectivity index (χ3v) is 6.81. The first-order chi connectivity index (χ1) is 16.7. The molecule has 2 N–H and O–H groups in total. The summed E-state index contributed by atoms with van der Waals surface area (Å²) in [5.74, 6) is 1.65. The maximum atomic E-state index is 13.7. The standard InChI is InChI=1S/C27H44N4O4/c1-7-35-16-21(10-17(2)3)30-26(32)19-11-20(14-28-13-19)27(33)31(22-8-9-22)25-12-24(34-6)23(15-29-25)18(4)5/h12,15,17-22,28H,7-11,13-14,16H2,1-6H3,(H,30,32)/t19-,20+,21+/m0/s1. The van der Waals surface area contributed by atoms with Crippen molar-refractivity contribution in [1.82, 2.24) is 15.6 Å². The zero-order valence-corrected chi connectivity index (χ0v) is 22.3. The summed E-state index contributed by atoms with van der Waals surface area (Å²) in [6.07, 6.45) is 5.17. The summed E-state index contributed by atoms with van der Waals surface area (Å²) >= 11 is 0. The smallest absolute Gasteiger partial charge is 0.232 e. The monoisotopic (exact) mass is 488 g/mol. The minimum absolute atomic E-state index is 0.000550. The van der Waals surface area contributed by atoms with Gasteiger partial charge in [0.2, 0.25) is 11.8 Å². The largest absolute Gasteiger partial charge is 0.496 e. The zero-order chi connectivity index (χ0) is 25.5. The summed E-state index contributed by atoms with van der Waals surface area (Å²) in [6, 6.07) is 2.04. The number of piperidine rings is 1. The van der Waals surface area contributed by atoms with Crippen LogP contribution in [0.25, 0.3) is 0 Å². The fraction of sp³-hybridized carbons (Fsp3) is 0.741. The Bertz CT molecular complexity index is 856. The van der Waals surface area contributed by atoms with Gasteiger partial charge in [0.25, 0.3) is 0 Å². The van der Waals surface area contributed by atoms with Crippen molar-refractivity contribution in [3.8, 4) is 5.75 Å². The molecule has 3 atom stereocenters. The SMILES string of the molecule is CCOC[C@@H](CC(C)C)NC(=O)[C@@H]1CNC[C@H](C(=O)N(c2cc(OC)c(C(C)C)cn2)C2CC2)C1. The molecule has 0 unspecified atom stereocenters. The fourth-order valence-corrected chi connectivity index (χ4v) is 4.84. The van der Waals surface area contributed by atoms with Crippen LogP contribution in [-0.2, 0) is 14.3 Å². The van der Waals surface area contributed by atoms with Gasteiger partial charge in [-0.1, -0.05) is 27.7 Å². The Balaban J connectivity index is 1.70. The van der Waals surface area contributed by atoms with Gasteiger partial charge in [-0.05, 0) is 44.4 Å². The Labute approximate surface area is 210 Å². The summed E-state index contributed by atoms with van der Waals surface area (Å²) < 4.78 is 11.2. The molecule has 1 saturated carbocycles. The number of nitrogens with one attached hydrogen (secondary N) is 2. The Morgan fingerprint density at radius 3 is 2.51 bits per heavy atom. The Hall–Kier alpha value is -2.19. The van der Waals surface area contributed by atoms with Gasteiger partial charge in [0.15, 0.2) is 0 Å². The van der Waals surface area contributed by atoms with E-state index in [1.54, 1.807) is 7.11 Å².